The molecule has 0 aliphatic rings. The predicted octanol–water partition coefficient (Wildman–Crippen LogP) is 3.67. The predicted molar refractivity (Wildman–Crippen MR) is 85.8 cm³/mol. The summed E-state index contributed by atoms with van der Waals surface area (Å²) in [6.45, 7) is 0. The molecule has 122 valence electrons. The van der Waals surface area contributed by atoms with Crippen molar-refractivity contribution in [3.63, 3.8) is 0 Å². The van der Waals surface area contributed by atoms with Crippen LogP contribution < -0.4 is 0 Å². The monoisotopic (exact) mass is 392 g/mol. The third-order valence-corrected chi connectivity index (χ3v) is 3.87. The van der Waals surface area contributed by atoms with E-state index in [0.717, 1.165) is 13.2 Å². The maximum absolute atomic E-state index is 14.3. The smallest absolute Gasteiger partial charge is 0.317 e. The molecule has 0 radical (unpaired) electrons. The van der Waals surface area contributed by atoms with Crippen LogP contribution in [-0.2, 0) is 9.53 Å². The van der Waals surface area contributed by atoms with E-state index in [9.17, 15) is 19.3 Å². The Morgan fingerprint density at radius 1 is 1.38 bits per heavy atom. The minimum atomic E-state index is -1.14. The molecule has 0 bridgehead atoms. The second kappa shape index (κ2) is 7.19. The molecule has 6 nitrogen and oxygen atoms in total. The van der Waals surface area contributed by atoms with E-state index in [1.165, 1.54) is 24.3 Å². The zero-order chi connectivity index (χ0) is 17.9. The first-order chi connectivity index (χ1) is 11.4. The number of nitriles is 1. The molecule has 0 amide bonds. The van der Waals surface area contributed by atoms with Gasteiger partial charge in [0.2, 0.25) is 0 Å². The molecule has 0 aromatic heterocycles. The number of halogens is 2. The van der Waals surface area contributed by atoms with Crippen LogP contribution >= 0.6 is 15.9 Å². The number of carbonyl (C=O) groups excluding carboxylic acids is 1. The number of nitro groups is 1. The van der Waals surface area contributed by atoms with E-state index in [4.69, 9.17) is 10.00 Å². The summed E-state index contributed by atoms with van der Waals surface area (Å²) >= 11 is 3.13. The molecule has 1 unspecified atom stereocenters. The van der Waals surface area contributed by atoms with Gasteiger partial charge in [0.05, 0.1) is 12.0 Å². The van der Waals surface area contributed by atoms with Gasteiger partial charge in [0.1, 0.15) is 23.4 Å². The SMILES string of the molecule is COC(=O)C(c1ccc([N+](=O)[O-])c(C#N)c1)c1ccc(Br)cc1F. The second-order valence-corrected chi connectivity index (χ2v) is 5.68. The highest BCUT2D eigenvalue weighted by Gasteiger charge is 2.28. The van der Waals surface area contributed by atoms with Crippen LogP contribution in [0.1, 0.15) is 22.6 Å². The number of carbonyl (C=O) groups is 1. The molecular weight excluding hydrogens is 383 g/mol. The number of ether oxygens (including phenoxy) is 1. The largest absolute Gasteiger partial charge is 0.468 e. The van der Waals surface area contributed by atoms with Crippen LogP contribution in [-0.4, -0.2) is 18.0 Å². The Bertz CT molecular complexity index is 864. The number of benzene rings is 2. The van der Waals surface area contributed by atoms with Gasteiger partial charge in [-0.15, -0.1) is 0 Å². The Labute approximate surface area is 144 Å². The normalized spacial score (nSPS) is 11.4. The molecule has 24 heavy (non-hydrogen) atoms. The minimum Gasteiger partial charge on any atom is -0.468 e. The molecule has 1 atom stereocenters. The summed E-state index contributed by atoms with van der Waals surface area (Å²) in [5.41, 5.74) is -0.335. The fourth-order valence-electron chi connectivity index (χ4n) is 2.28. The number of methoxy groups -OCH3 is 1. The first kappa shape index (κ1) is 17.6. The van der Waals surface area contributed by atoms with Crippen LogP contribution in [0.4, 0.5) is 10.1 Å². The Kier molecular flexibility index (Phi) is 5.26. The highest BCUT2D eigenvalue weighted by atomic mass is 79.9. The van der Waals surface area contributed by atoms with E-state index < -0.39 is 22.6 Å². The van der Waals surface area contributed by atoms with Crippen molar-refractivity contribution >= 4 is 27.6 Å². The van der Waals surface area contributed by atoms with E-state index in [0.29, 0.717) is 4.47 Å². The molecule has 8 heteroatoms. The van der Waals surface area contributed by atoms with Gasteiger partial charge in [-0.25, -0.2) is 4.39 Å². The number of nitro benzene ring substituents is 1. The van der Waals surface area contributed by atoms with E-state index >= 15 is 0 Å². The quantitative estimate of drug-likeness (QED) is 0.449. The second-order valence-electron chi connectivity index (χ2n) is 4.77. The topological polar surface area (TPSA) is 93.2 Å². The maximum Gasteiger partial charge on any atom is 0.317 e. The lowest BCUT2D eigenvalue weighted by Gasteiger charge is -2.16. The summed E-state index contributed by atoms with van der Waals surface area (Å²) in [7, 11) is 1.16. The van der Waals surface area contributed by atoms with Crippen LogP contribution in [0.5, 0.6) is 0 Å². The van der Waals surface area contributed by atoms with Crippen molar-refractivity contribution in [2.24, 2.45) is 0 Å². The molecule has 0 aliphatic carbocycles. The third-order valence-electron chi connectivity index (χ3n) is 3.38. The van der Waals surface area contributed by atoms with Crippen LogP contribution in [0, 0.1) is 27.3 Å². The van der Waals surface area contributed by atoms with E-state index in [1.54, 1.807) is 12.1 Å². The molecule has 0 heterocycles. The lowest BCUT2D eigenvalue weighted by Crippen LogP contribution is -2.17. The van der Waals surface area contributed by atoms with Gasteiger partial charge in [-0.1, -0.05) is 28.1 Å². The van der Waals surface area contributed by atoms with Crippen molar-refractivity contribution in [3.05, 3.63) is 73.5 Å². The first-order valence-corrected chi connectivity index (χ1v) is 7.39. The van der Waals surface area contributed by atoms with Crippen molar-refractivity contribution in [3.8, 4) is 6.07 Å². The van der Waals surface area contributed by atoms with Gasteiger partial charge in [-0.05, 0) is 23.8 Å². The van der Waals surface area contributed by atoms with Gasteiger partial charge in [0.15, 0.2) is 0 Å². The van der Waals surface area contributed by atoms with Gasteiger partial charge in [-0.2, -0.15) is 5.26 Å². The zero-order valence-corrected chi connectivity index (χ0v) is 13.9. The lowest BCUT2D eigenvalue weighted by atomic mass is 9.89. The van der Waals surface area contributed by atoms with Crippen molar-refractivity contribution in [2.45, 2.75) is 5.92 Å². The number of nitrogens with zero attached hydrogens (tertiary/aromatic N) is 2. The van der Waals surface area contributed by atoms with Crippen LogP contribution in [0.15, 0.2) is 40.9 Å². The van der Waals surface area contributed by atoms with Gasteiger partial charge in [0.25, 0.3) is 5.69 Å². The summed E-state index contributed by atoms with van der Waals surface area (Å²) in [5, 5.41) is 20.0. The highest BCUT2D eigenvalue weighted by Crippen LogP contribution is 2.32. The summed E-state index contributed by atoms with van der Waals surface area (Å²) in [5.74, 6) is -2.53. The zero-order valence-electron chi connectivity index (χ0n) is 12.3. The minimum absolute atomic E-state index is 0.0443. The molecule has 0 N–H and O–H groups in total. The highest BCUT2D eigenvalue weighted by molar-refractivity contribution is 9.10. The molecular formula is C16H10BrFN2O4. The van der Waals surface area contributed by atoms with Crippen molar-refractivity contribution in [2.75, 3.05) is 7.11 Å². The summed E-state index contributed by atoms with van der Waals surface area (Å²) in [6.07, 6.45) is 0. The summed E-state index contributed by atoms with van der Waals surface area (Å²) < 4.78 is 19.5. The fourth-order valence-corrected chi connectivity index (χ4v) is 2.61. The molecule has 2 aromatic rings. The Morgan fingerprint density at radius 2 is 2.08 bits per heavy atom. The standard InChI is InChI=1S/C16H10BrFN2O4/c1-24-16(21)15(12-4-3-11(17)7-13(12)18)9-2-5-14(20(22)23)10(6-9)8-19/h2-7,15H,1H3. The molecule has 0 saturated heterocycles. The molecule has 0 spiro atoms. The first-order valence-electron chi connectivity index (χ1n) is 6.60. The van der Waals surface area contributed by atoms with Crippen LogP contribution in [0.2, 0.25) is 0 Å². The fraction of sp³-hybridized carbons (Fsp3) is 0.125. The molecule has 0 fully saturated rings. The average Bonchev–Trinajstić information content (AvgIpc) is 2.56. The van der Waals surface area contributed by atoms with Gasteiger partial charge in [0, 0.05) is 16.1 Å². The number of hydrogen-bond donors (Lipinski definition) is 0. The Balaban J connectivity index is 2.64. The van der Waals surface area contributed by atoms with E-state index in [-0.39, 0.29) is 22.4 Å². The Hall–Kier alpha value is -2.79. The van der Waals surface area contributed by atoms with E-state index in [2.05, 4.69) is 15.9 Å². The summed E-state index contributed by atoms with van der Waals surface area (Å²) in [4.78, 5) is 22.4. The third kappa shape index (κ3) is 3.41. The number of hydrogen-bond acceptors (Lipinski definition) is 5. The van der Waals surface area contributed by atoms with Crippen molar-refractivity contribution < 1.29 is 18.8 Å². The molecule has 0 aliphatic heterocycles. The molecule has 2 aromatic carbocycles. The van der Waals surface area contributed by atoms with Crippen molar-refractivity contribution in [1.29, 1.82) is 5.26 Å². The van der Waals surface area contributed by atoms with Gasteiger partial charge >= 0.3 is 5.97 Å². The number of esters is 1. The molecule has 0 saturated carbocycles. The number of rotatable bonds is 4. The maximum atomic E-state index is 14.3. The average molecular weight is 393 g/mol. The molecule has 2 rings (SSSR count). The lowest BCUT2D eigenvalue weighted by molar-refractivity contribution is -0.385. The van der Waals surface area contributed by atoms with Crippen LogP contribution in [0.25, 0.3) is 0 Å². The van der Waals surface area contributed by atoms with Crippen molar-refractivity contribution in [1.82, 2.24) is 0 Å². The summed E-state index contributed by atoms with van der Waals surface area (Å²) in [6, 6.07) is 9.49. The van der Waals surface area contributed by atoms with Gasteiger partial charge in [-0.3, -0.25) is 14.9 Å². The van der Waals surface area contributed by atoms with E-state index in [1.807, 2.05) is 0 Å². The Morgan fingerprint density at radius 3 is 2.62 bits per heavy atom. The van der Waals surface area contributed by atoms with Crippen LogP contribution in [0.3, 0.4) is 0 Å². The van der Waals surface area contributed by atoms with Gasteiger partial charge < -0.3 is 4.74 Å².